The van der Waals surface area contributed by atoms with Gasteiger partial charge in [0.05, 0.1) is 5.75 Å². The Morgan fingerprint density at radius 2 is 1.81 bits per heavy atom. The molecule has 6 nitrogen and oxygen atoms in total. The highest BCUT2D eigenvalue weighted by Gasteiger charge is 2.19. The van der Waals surface area contributed by atoms with Crippen molar-refractivity contribution in [2.45, 2.75) is 18.5 Å². The van der Waals surface area contributed by atoms with Gasteiger partial charge >= 0.3 is 0 Å². The van der Waals surface area contributed by atoms with E-state index in [2.05, 4.69) is 32.0 Å². The van der Waals surface area contributed by atoms with Gasteiger partial charge in [0.2, 0.25) is 5.91 Å². The molecule has 2 aromatic carbocycles. The molecule has 1 amide bonds. The summed E-state index contributed by atoms with van der Waals surface area (Å²) in [5.74, 6) is 0.807. The second kappa shape index (κ2) is 10.5. The molecule has 0 radical (unpaired) electrons. The van der Waals surface area contributed by atoms with Crippen molar-refractivity contribution in [3.8, 4) is 0 Å². The fraction of sp³-hybridized carbons (Fsp3) is 0.292. The van der Waals surface area contributed by atoms with E-state index in [1.54, 1.807) is 6.20 Å². The number of aromatic nitrogens is 2. The zero-order valence-corrected chi connectivity index (χ0v) is 18.8. The maximum atomic E-state index is 13.2. The van der Waals surface area contributed by atoms with Crippen molar-refractivity contribution < 1.29 is 9.18 Å². The molecule has 1 aromatic heterocycles. The largest absolute Gasteiger partial charge is 0.368 e. The van der Waals surface area contributed by atoms with Gasteiger partial charge in [0, 0.05) is 43.8 Å². The number of amides is 1. The van der Waals surface area contributed by atoms with E-state index in [1.165, 1.54) is 29.5 Å². The molecule has 2 heterocycles. The third kappa shape index (κ3) is 5.76. The molecule has 1 fully saturated rings. The van der Waals surface area contributed by atoms with Crippen LogP contribution in [0.3, 0.4) is 0 Å². The van der Waals surface area contributed by atoms with Crippen molar-refractivity contribution in [3.05, 3.63) is 72.2 Å². The summed E-state index contributed by atoms with van der Waals surface area (Å²) in [7, 11) is 0. The SMILES string of the molecule is CCc1cccc(NC(=O)CSc2nccc(N3CCN(c4ccc(F)cc4)CC3)n2)c1. The van der Waals surface area contributed by atoms with Crippen LogP contribution in [0, 0.1) is 5.82 Å². The summed E-state index contributed by atoms with van der Waals surface area (Å²) in [6.07, 6.45) is 2.66. The second-order valence-electron chi connectivity index (χ2n) is 7.54. The number of carbonyl (C=O) groups excluding carboxylic acids is 1. The smallest absolute Gasteiger partial charge is 0.234 e. The van der Waals surface area contributed by atoms with Gasteiger partial charge < -0.3 is 15.1 Å². The van der Waals surface area contributed by atoms with Gasteiger partial charge in [-0.05, 0) is 54.4 Å². The van der Waals surface area contributed by atoms with Gasteiger partial charge in [-0.25, -0.2) is 14.4 Å². The van der Waals surface area contributed by atoms with E-state index in [0.717, 1.165) is 49.8 Å². The van der Waals surface area contributed by atoms with Gasteiger partial charge in [0.25, 0.3) is 0 Å². The molecule has 32 heavy (non-hydrogen) atoms. The molecule has 0 bridgehead atoms. The number of carbonyl (C=O) groups is 1. The first-order chi connectivity index (χ1) is 15.6. The van der Waals surface area contributed by atoms with Gasteiger partial charge in [-0.1, -0.05) is 30.8 Å². The third-order valence-electron chi connectivity index (χ3n) is 5.37. The zero-order chi connectivity index (χ0) is 22.3. The Labute approximate surface area is 191 Å². The van der Waals surface area contributed by atoms with Crippen LogP contribution in [-0.2, 0) is 11.2 Å². The zero-order valence-electron chi connectivity index (χ0n) is 18.0. The molecule has 4 rings (SSSR count). The van der Waals surface area contributed by atoms with Crippen LogP contribution in [0.2, 0.25) is 0 Å². The molecule has 0 atom stereocenters. The van der Waals surface area contributed by atoms with Crippen molar-refractivity contribution >= 4 is 34.9 Å². The van der Waals surface area contributed by atoms with E-state index < -0.39 is 0 Å². The van der Waals surface area contributed by atoms with E-state index in [4.69, 9.17) is 0 Å². The first kappa shape index (κ1) is 22.1. The summed E-state index contributed by atoms with van der Waals surface area (Å²) < 4.78 is 13.2. The Hall–Kier alpha value is -3.13. The molecule has 0 saturated carbocycles. The molecule has 1 N–H and O–H groups in total. The van der Waals surface area contributed by atoms with Crippen molar-refractivity contribution in [1.82, 2.24) is 9.97 Å². The maximum absolute atomic E-state index is 13.2. The first-order valence-corrected chi connectivity index (χ1v) is 11.7. The molecule has 166 valence electrons. The Bertz CT molecular complexity index is 1050. The monoisotopic (exact) mass is 451 g/mol. The summed E-state index contributed by atoms with van der Waals surface area (Å²) >= 11 is 1.33. The highest BCUT2D eigenvalue weighted by atomic mass is 32.2. The minimum Gasteiger partial charge on any atom is -0.368 e. The lowest BCUT2D eigenvalue weighted by atomic mass is 10.1. The van der Waals surface area contributed by atoms with E-state index in [0.29, 0.717) is 5.16 Å². The van der Waals surface area contributed by atoms with E-state index in [9.17, 15) is 9.18 Å². The number of thioether (sulfide) groups is 1. The third-order valence-corrected chi connectivity index (χ3v) is 6.23. The van der Waals surface area contributed by atoms with Crippen molar-refractivity contribution in [3.63, 3.8) is 0 Å². The summed E-state index contributed by atoms with van der Waals surface area (Å²) in [5.41, 5.74) is 3.02. The number of piperazine rings is 1. The van der Waals surface area contributed by atoms with Crippen LogP contribution >= 0.6 is 11.8 Å². The number of nitrogens with one attached hydrogen (secondary N) is 1. The van der Waals surface area contributed by atoms with Crippen LogP contribution in [0.4, 0.5) is 21.6 Å². The second-order valence-corrected chi connectivity index (χ2v) is 8.48. The minimum atomic E-state index is -0.221. The number of benzene rings is 2. The molecule has 0 spiro atoms. The Morgan fingerprint density at radius 3 is 2.56 bits per heavy atom. The number of nitrogens with zero attached hydrogens (tertiary/aromatic N) is 4. The number of hydrogen-bond donors (Lipinski definition) is 1. The van der Waals surface area contributed by atoms with Gasteiger partial charge in [0.15, 0.2) is 5.16 Å². The highest BCUT2D eigenvalue weighted by molar-refractivity contribution is 7.99. The molecule has 1 aliphatic heterocycles. The predicted molar refractivity (Wildman–Crippen MR) is 128 cm³/mol. The van der Waals surface area contributed by atoms with Gasteiger partial charge in [-0.2, -0.15) is 0 Å². The molecule has 3 aromatic rings. The lowest BCUT2D eigenvalue weighted by Crippen LogP contribution is -2.46. The van der Waals surface area contributed by atoms with Crippen LogP contribution in [0.15, 0.2) is 66.0 Å². The molecule has 1 saturated heterocycles. The number of hydrogen-bond acceptors (Lipinski definition) is 6. The fourth-order valence-electron chi connectivity index (χ4n) is 3.62. The Kier molecular flexibility index (Phi) is 7.21. The number of aryl methyl sites for hydroxylation is 1. The fourth-order valence-corrected chi connectivity index (χ4v) is 4.25. The van der Waals surface area contributed by atoms with Crippen molar-refractivity contribution in [2.75, 3.05) is 47.0 Å². The minimum absolute atomic E-state index is 0.0785. The van der Waals surface area contributed by atoms with Crippen LogP contribution in [0.1, 0.15) is 12.5 Å². The van der Waals surface area contributed by atoms with Crippen molar-refractivity contribution in [1.29, 1.82) is 0 Å². The van der Waals surface area contributed by atoms with E-state index in [1.807, 2.05) is 42.5 Å². The van der Waals surface area contributed by atoms with Gasteiger partial charge in [-0.3, -0.25) is 4.79 Å². The van der Waals surface area contributed by atoms with Crippen LogP contribution in [0.25, 0.3) is 0 Å². The Morgan fingerprint density at radius 1 is 1.06 bits per heavy atom. The molecular weight excluding hydrogens is 425 g/mol. The van der Waals surface area contributed by atoms with Crippen LogP contribution < -0.4 is 15.1 Å². The molecule has 0 unspecified atom stereocenters. The van der Waals surface area contributed by atoms with E-state index >= 15 is 0 Å². The molecule has 1 aliphatic rings. The lowest BCUT2D eigenvalue weighted by molar-refractivity contribution is -0.113. The highest BCUT2D eigenvalue weighted by Crippen LogP contribution is 2.22. The summed E-state index contributed by atoms with van der Waals surface area (Å²) in [6.45, 7) is 5.37. The Balaban J connectivity index is 1.29. The topological polar surface area (TPSA) is 61.4 Å². The lowest BCUT2D eigenvalue weighted by Gasteiger charge is -2.36. The average molecular weight is 452 g/mol. The quantitative estimate of drug-likeness (QED) is 0.428. The summed E-state index contributed by atoms with van der Waals surface area (Å²) in [5, 5.41) is 3.52. The van der Waals surface area contributed by atoms with Crippen molar-refractivity contribution in [2.24, 2.45) is 0 Å². The summed E-state index contributed by atoms with van der Waals surface area (Å²) in [4.78, 5) is 25.7. The number of halogens is 1. The van der Waals surface area contributed by atoms with Gasteiger partial charge in [-0.15, -0.1) is 0 Å². The van der Waals surface area contributed by atoms with Gasteiger partial charge in [0.1, 0.15) is 11.6 Å². The number of rotatable bonds is 7. The maximum Gasteiger partial charge on any atom is 0.234 e. The standard InChI is InChI=1S/C24H26FN5OS/c1-2-18-4-3-5-20(16-18)27-23(31)17-32-24-26-11-10-22(28-24)30-14-12-29(13-15-30)21-8-6-19(25)7-9-21/h3-11,16H,2,12-15,17H2,1H3,(H,27,31). The molecule has 0 aliphatic carbocycles. The van der Waals surface area contributed by atoms with E-state index in [-0.39, 0.29) is 17.5 Å². The predicted octanol–water partition coefficient (Wildman–Crippen LogP) is 4.24. The normalized spacial score (nSPS) is 13.8. The summed E-state index contributed by atoms with van der Waals surface area (Å²) in [6, 6.07) is 16.4. The van der Waals surface area contributed by atoms with Crippen LogP contribution in [0.5, 0.6) is 0 Å². The molecule has 8 heteroatoms. The molecular formula is C24H26FN5OS. The average Bonchev–Trinajstić information content (AvgIpc) is 2.84. The first-order valence-electron chi connectivity index (χ1n) is 10.7. The number of anilines is 3. The van der Waals surface area contributed by atoms with Crippen LogP contribution in [-0.4, -0.2) is 47.8 Å².